The molecule has 2 N–H and O–H groups in total. The fraction of sp³-hybridized carbons (Fsp3) is 0.308. The van der Waals surface area contributed by atoms with Crippen molar-refractivity contribution in [3.05, 3.63) is 38.4 Å². The Balaban J connectivity index is 1.97. The van der Waals surface area contributed by atoms with Gasteiger partial charge in [-0.1, -0.05) is 30.9 Å². The first kappa shape index (κ1) is 13.8. The summed E-state index contributed by atoms with van der Waals surface area (Å²) in [4.78, 5) is 18.9. The summed E-state index contributed by atoms with van der Waals surface area (Å²) in [5.41, 5.74) is 2.05. The minimum Gasteiger partial charge on any atom is -0.480 e. The van der Waals surface area contributed by atoms with Crippen LogP contribution in [0.2, 0.25) is 0 Å². The van der Waals surface area contributed by atoms with Crippen molar-refractivity contribution in [1.82, 2.24) is 9.97 Å². The quantitative estimate of drug-likeness (QED) is 0.668. The molecule has 2 atom stereocenters. The van der Waals surface area contributed by atoms with Gasteiger partial charge in [-0.3, -0.25) is 4.79 Å². The molecule has 1 aliphatic heterocycles. The van der Waals surface area contributed by atoms with Crippen LogP contribution in [-0.2, 0) is 11.2 Å². The molecule has 104 valence electrons. The van der Waals surface area contributed by atoms with Crippen molar-refractivity contribution in [3.8, 4) is 0 Å². The summed E-state index contributed by atoms with van der Waals surface area (Å²) >= 11 is 8.32. The van der Waals surface area contributed by atoms with E-state index in [1.165, 1.54) is 17.3 Å². The van der Waals surface area contributed by atoms with Crippen LogP contribution in [-0.4, -0.2) is 26.3 Å². The lowest BCUT2D eigenvalue weighted by Crippen LogP contribution is -2.18. The summed E-state index contributed by atoms with van der Waals surface area (Å²) in [6.07, 6.45) is 0.688. The summed E-state index contributed by atoms with van der Waals surface area (Å²) in [7, 11) is 0. The molecule has 0 bridgehead atoms. The largest absolute Gasteiger partial charge is 0.480 e. The number of nitrogens with one attached hydrogen (secondary N) is 1. The highest BCUT2D eigenvalue weighted by atomic mass is 32.2. The second-order valence-corrected chi connectivity index (χ2v) is 7.02. The molecule has 2 aromatic heterocycles. The molecule has 0 amide bonds. The molecule has 0 fully saturated rings. The molecule has 0 saturated carbocycles. The van der Waals surface area contributed by atoms with Crippen LogP contribution in [0, 0.1) is 4.64 Å². The van der Waals surface area contributed by atoms with Crippen LogP contribution in [0.5, 0.6) is 0 Å². The van der Waals surface area contributed by atoms with Crippen molar-refractivity contribution in [3.63, 3.8) is 0 Å². The highest BCUT2D eigenvalue weighted by Gasteiger charge is 2.37. The van der Waals surface area contributed by atoms with Gasteiger partial charge in [0.2, 0.25) is 0 Å². The Labute approximate surface area is 129 Å². The summed E-state index contributed by atoms with van der Waals surface area (Å²) in [6, 6.07) is 2.05. The summed E-state index contributed by atoms with van der Waals surface area (Å²) in [5.74, 6) is -0.133. The third kappa shape index (κ3) is 2.41. The second kappa shape index (κ2) is 5.31. The van der Waals surface area contributed by atoms with Crippen molar-refractivity contribution < 1.29 is 9.90 Å². The summed E-state index contributed by atoms with van der Waals surface area (Å²) < 4.78 is 0.615. The molecular weight excluding hydrogens is 312 g/mol. The monoisotopic (exact) mass is 324 g/mol. The smallest absolute Gasteiger partial charge is 0.317 e. The molecule has 1 aliphatic rings. The van der Waals surface area contributed by atoms with E-state index in [9.17, 15) is 9.90 Å². The molecule has 3 heterocycles. The maximum atomic E-state index is 11.2. The second-order valence-electron chi connectivity index (χ2n) is 4.71. The Kier molecular flexibility index (Phi) is 3.66. The third-order valence-corrected chi connectivity index (χ3v) is 5.76. The van der Waals surface area contributed by atoms with Gasteiger partial charge in [-0.25, -0.2) is 4.98 Å². The van der Waals surface area contributed by atoms with Crippen molar-refractivity contribution in [2.45, 2.75) is 29.5 Å². The number of hydrogen-bond acceptors (Lipinski definition) is 5. The summed E-state index contributed by atoms with van der Waals surface area (Å²) in [5, 5.41) is 13.6. The number of rotatable bonds is 3. The van der Waals surface area contributed by atoms with Crippen LogP contribution in [0.25, 0.3) is 0 Å². The Morgan fingerprint density at radius 3 is 3.05 bits per heavy atom. The molecule has 0 saturated heterocycles. The molecule has 7 heteroatoms. The van der Waals surface area contributed by atoms with Gasteiger partial charge in [-0.15, -0.1) is 0 Å². The zero-order chi connectivity index (χ0) is 14.3. The number of hydrogen-bond donors (Lipinski definition) is 2. The van der Waals surface area contributed by atoms with Gasteiger partial charge in [0.15, 0.2) is 0 Å². The van der Waals surface area contributed by atoms with E-state index in [0.29, 0.717) is 11.1 Å². The lowest BCUT2D eigenvalue weighted by atomic mass is 10.0. The number of nitrogens with zero attached hydrogens (tertiary/aromatic N) is 1. The van der Waals surface area contributed by atoms with E-state index in [0.717, 1.165) is 16.4 Å². The molecule has 2 aromatic rings. The number of thioether (sulfide) groups is 1. The molecule has 4 nitrogen and oxygen atoms in total. The van der Waals surface area contributed by atoms with Gasteiger partial charge in [0.1, 0.15) is 20.7 Å². The van der Waals surface area contributed by atoms with Gasteiger partial charge in [-0.05, 0) is 22.4 Å². The highest BCUT2D eigenvalue weighted by Crippen LogP contribution is 2.44. The standard InChI is InChI=1S/C13H12N2O2S3/c1-6-9-11(18)14-8(4-7-2-3-19-5-7)15-12(9)20-10(6)13(16)17/h2-3,5-6,10H,4H2,1H3,(H,16,17)(H,14,15,18). The Morgan fingerprint density at radius 1 is 1.60 bits per heavy atom. The third-order valence-electron chi connectivity index (χ3n) is 3.31. The normalized spacial score (nSPS) is 20.9. The van der Waals surface area contributed by atoms with Crippen LogP contribution in [0.4, 0.5) is 0 Å². The van der Waals surface area contributed by atoms with Crippen LogP contribution in [0.15, 0.2) is 21.9 Å². The topological polar surface area (TPSA) is 66.0 Å². The number of carboxylic acids is 1. The van der Waals surface area contributed by atoms with E-state index < -0.39 is 11.2 Å². The fourth-order valence-corrected chi connectivity index (χ4v) is 4.70. The van der Waals surface area contributed by atoms with Gasteiger partial charge >= 0.3 is 5.97 Å². The molecule has 0 spiro atoms. The molecule has 0 aromatic carbocycles. The molecule has 0 aliphatic carbocycles. The van der Waals surface area contributed by atoms with E-state index in [4.69, 9.17) is 12.2 Å². The summed E-state index contributed by atoms with van der Waals surface area (Å²) in [6.45, 7) is 1.89. The van der Waals surface area contributed by atoms with Crippen molar-refractivity contribution in [2.24, 2.45) is 0 Å². The SMILES string of the molecule is CC1c2c(nc(Cc3ccsc3)[nH]c2=S)SC1C(=O)O. The molecule has 2 unspecified atom stereocenters. The van der Waals surface area contributed by atoms with Gasteiger partial charge in [-0.2, -0.15) is 11.3 Å². The van der Waals surface area contributed by atoms with Crippen LogP contribution >= 0.6 is 35.3 Å². The maximum absolute atomic E-state index is 11.2. The number of thiophene rings is 1. The number of carboxylic acid groups (broad SMARTS) is 1. The van der Waals surface area contributed by atoms with E-state index >= 15 is 0 Å². The van der Waals surface area contributed by atoms with Crippen molar-refractivity contribution in [1.29, 1.82) is 0 Å². The number of fused-ring (bicyclic) bond motifs is 1. The van der Waals surface area contributed by atoms with E-state index in [1.54, 1.807) is 11.3 Å². The number of carbonyl (C=O) groups is 1. The zero-order valence-electron chi connectivity index (χ0n) is 10.6. The van der Waals surface area contributed by atoms with E-state index in [1.807, 2.05) is 18.4 Å². The van der Waals surface area contributed by atoms with Gasteiger partial charge < -0.3 is 10.1 Å². The lowest BCUT2D eigenvalue weighted by Gasteiger charge is -2.08. The first-order valence-electron chi connectivity index (χ1n) is 6.10. The Morgan fingerprint density at radius 2 is 2.40 bits per heavy atom. The lowest BCUT2D eigenvalue weighted by molar-refractivity contribution is -0.136. The predicted molar refractivity (Wildman–Crippen MR) is 82.2 cm³/mol. The molecule has 20 heavy (non-hydrogen) atoms. The van der Waals surface area contributed by atoms with Crippen molar-refractivity contribution >= 4 is 41.3 Å². The first-order valence-corrected chi connectivity index (χ1v) is 8.33. The van der Waals surface area contributed by atoms with Gasteiger partial charge in [0, 0.05) is 17.9 Å². The van der Waals surface area contributed by atoms with Crippen LogP contribution in [0.3, 0.4) is 0 Å². The van der Waals surface area contributed by atoms with Crippen molar-refractivity contribution in [2.75, 3.05) is 0 Å². The molecule has 0 radical (unpaired) electrons. The zero-order valence-corrected chi connectivity index (χ0v) is 13.1. The number of H-pyrrole nitrogens is 1. The number of aromatic amines is 1. The predicted octanol–water partition coefficient (Wildman–Crippen LogP) is 3.45. The van der Waals surface area contributed by atoms with Gasteiger partial charge in [0.05, 0.1) is 0 Å². The van der Waals surface area contributed by atoms with Gasteiger partial charge in [0.25, 0.3) is 0 Å². The Hall–Kier alpha value is -1.18. The highest BCUT2D eigenvalue weighted by molar-refractivity contribution is 8.01. The maximum Gasteiger partial charge on any atom is 0.317 e. The number of aliphatic carboxylic acids is 1. The minimum absolute atomic E-state index is 0.112. The van der Waals surface area contributed by atoms with E-state index in [2.05, 4.69) is 15.3 Å². The number of aromatic nitrogens is 2. The molecular formula is C13H12N2O2S3. The van der Waals surface area contributed by atoms with Crippen LogP contribution in [0.1, 0.15) is 29.8 Å². The first-order chi connectivity index (χ1) is 9.56. The molecule has 3 rings (SSSR count). The van der Waals surface area contributed by atoms with Crippen LogP contribution < -0.4 is 0 Å². The average molecular weight is 324 g/mol. The Bertz CT molecular complexity index is 709. The minimum atomic E-state index is -0.811. The van der Waals surface area contributed by atoms with E-state index in [-0.39, 0.29) is 5.92 Å². The average Bonchev–Trinajstić information content (AvgIpc) is 2.97. The fourth-order valence-electron chi connectivity index (χ4n) is 2.31.